The molecule has 0 aliphatic rings. The number of rotatable bonds is 0. The molecule has 0 atom stereocenters. The van der Waals surface area contributed by atoms with Gasteiger partial charge in [-0.05, 0) is 15.9 Å². The summed E-state index contributed by atoms with van der Waals surface area (Å²) < 4.78 is 1.40. The van der Waals surface area contributed by atoms with E-state index in [2.05, 4.69) is 30.9 Å². The van der Waals surface area contributed by atoms with Gasteiger partial charge in [-0.15, -0.1) is 0 Å². The summed E-state index contributed by atoms with van der Waals surface area (Å²) in [4.78, 5) is 32.9. The molecule has 0 amide bonds. The minimum absolute atomic E-state index is 0.140. The summed E-state index contributed by atoms with van der Waals surface area (Å²) in [6, 6.07) is 0. The van der Waals surface area contributed by atoms with E-state index < -0.39 is 11.2 Å². The molecule has 2 heterocycles. The summed E-state index contributed by atoms with van der Waals surface area (Å²) in [6.07, 6.45) is 1.41. The molecule has 6 nitrogen and oxygen atoms in total. The number of aromatic nitrogens is 4. The van der Waals surface area contributed by atoms with Gasteiger partial charge >= 0.3 is 5.69 Å². The highest BCUT2D eigenvalue weighted by Gasteiger charge is 2.06. The van der Waals surface area contributed by atoms with Crippen LogP contribution in [0.25, 0.3) is 11.2 Å². The Balaban J connectivity index is 3.07. The van der Waals surface area contributed by atoms with Crippen LogP contribution in [0.5, 0.6) is 0 Å². The number of H-pyrrole nitrogens is 1. The van der Waals surface area contributed by atoms with Crippen LogP contribution >= 0.6 is 15.9 Å². The molecule has 2 rings (SSSR count). The van der Waals surface area contributed by atoms with Gasteiger partial charge in [-0.1, -0.05) is 0 Å². The smallest absolute Gasteiger partial charge is 0.290 e. The van der Waals surface area contributed by atoms with Gasteiger partial charge in [0.25, 0.3) is 5.56 Å². The zero-order chi connectivity index (χ0) is 10.3. The van der Waals surface area contributed by atoms with E-state index in [1.54, 1.807) is 0 Å². The summed E-state index contributed by atoms with van der Waals surface area (Å²) in [7, 11) is 1.38. The van der Waals surface area contributed by atoms with E-state index in [-0.39, 0.29) is 11.2 Å². The minimum atomic E-state index is -0.501. The summed E-state index contributed by atoms with van der Waals surface area (Å²) in [5.41, 5.74) is -0.626. The van der Waals surface area contributed by atoms with Crippen molar-refractivity contribution in [1.29, 1.82) is 0 Å². The maximum atomic E-state index is 11.5. The molecule has 2 aromatic heterocycles. The van der Waals surface area contributed by atoms with Crippen molar-refractivity contribution in [2.75, 3.05) is 0 Å². The van der Waals surface area contributed by atoms with Crippen molar-refractivity contribution in [1.82, 2.24) is 19.5 Å². The monoisotopic (exact) mass is 256 g/mol. The molecule has 0 aliphatic heterocycles. The van der Waals surface area contributed by atoms with E-state index in [1.165, 1.54) is 13.2 Å². The van der Waals surface area contributed by atoms with Gasteiger partial charge in [0, 0.05) is 7.05 Å². The molecular formula is C7H5BrN4O2. The lowest BCUT2D eigenvalue weighted by Gasteiger charge is -1.98. The average molecular weight is 257 g/mol. The van der Waals surface area contributed by atoms with E-state index in [4.69, 9.17) is 0 Å². The third-order valence-electron chi connectivity index (χ3n) is 1.78. The highest BCUT2D eigenvalue weighted by atomic mass is 79.9. The van der Waals surface area contributed by atoms with Gasteiger partial charge in [-0.2, -0.15) is 0 Å². The number of nitrogens with one attached hydrogen (secondary N) is 1. The fourth-order valence-corrected chi connectivity index (χ4v) is 1.32. The molecule has 0 saturated heterocycles. The molecule has 2 aromatic rings. The fraction of sp³-hybridized carbons (Fsp3) is 0.143. The van der Waals surface area contributed by atoms with Crippen molar-refractivity contribution in [2.45, 2.75) is 0 Å². The van der Waals surface area contributed by atoms with Gasteiger partial charge < -0.3 is 0 Å². The molecule has 7 heteroatoms. The standard InChI is InChI=1S/C7H5BrN4O2/c1-12-6(13)4-5(11-7(12)14)9-2-3(8)10-4/h2H,1H3,(H,9,11,14). The summed E-state index contributed by atoms with van der Waals surface area (Å²) in [5, 5.41) is 0. The van der Waals surface area contributed by atoms with Gasteiger partial charge in [0.05, 0.1) is 6.20 Å². The first-order valence-corrected chi connectivity index (χ1v) is 4.50. The quantitative estimate of drug-likeness (QED) is 0.707. The molecule has 72 valence electrons. The van der Waals surface area contributed by atoms with E-state index in [0.717, 1.165) is 4.57 Å². The number of nitrogens with zero attached hydrogens (tertiary/aromatic N) is 3. The van der Waals surface area contributed by atoms with Crippen LogP contribution in [-0.2, 0) is 7.05 Å². The van der Waals surface area contributed by atoms with Crippen LogP contribution in [0.3, 0.4) is 0 Å². The molecule has 1 N–H and O–H groups in total. The van der Waals surface area contributed by atoms with Crippen molar-refractivity contribution < 1.29 is 0 Å². The molecule has 0 aromatic carbocycles. The van der Waals surface area contributed by atoms with Gasteiger partial charge in [-0.25, -0.2) is 14.8 Å². The topological polar surface area (TPSA) is 80.6 Å². The van der Waals surface area contributed by atoms with Crippen LogP contribution in [0.4, 0.5) is 0 Å². The second-order valence-electron chi connectivity index (χ2n) is 2.68. The Bertz CT molecular complexity index is 615. The lowest BCUT2D eigenvalue weighted by molar-refractivity contribution is 0.786. The molecule has 14 heavy (non-hydrogen) atoms. The zero-order valence-corrected chi connectivity index (χ0v) is 8.70. The van der Waals surface area contributed by atoms with Crippen molar-refractivity contribution in [2.24, 2.45) is 7.05 Å². The van der Waals surface area contributed by atoms with Crippen LogP contribution in [0, 0.1) is 0 Å². The van der Waals surface area contributed by atoms with Crippen molar-refractivity contribution in [3.8, 4) is 0 Å². The predicted molar refractivity (Wildman–Crippen MR) is 53.1 cm³/mol. The van der Waals surface area contributed by atoms with Gasteiger partial charge in [0.1, 0.15) is 4.60 Å². The van der Waals surface area contributed by atoms with Crippen LogP contribution in [0.1, 0.15) is 0 Å². The van der Waals surface area contributed by atoms with Crippen LogP contribution in [-0.4, -0.2) is 19.5 Å². The van der Waals surface area contributed by atoms with Crippen LogP contribution in [0.2, 0.25) is 0 Å². The molecule has 0 unspecified atom stereocenters. The number of hydrogen-bond donors (Lipinski definition) is 1. The number of hydrogen-bond acceptors (Lipinski definition) is 4. The van der Waals surface area contributed by atoms with Crippen LogP contribution in [0.15, 0.2) is 20.4 Å². The molecular weight excluding hydrogens is 252 g/mol. The maximum absolute atomic E-state index is 11.5. The summed E-state index contributed by atoms with van der Waals surface area (Å²) >= 11 is 3.10. The Labute approximate surface area is 85.8 Å². The second-order valence-corrected chi connectivity index (χ2v) is 3.50. The lowest BCUT2D eigenvalue weighted by atomic mass is 10.5. The van der Waals surface area contributed by atoms with E-state index in [1.807, 2.05) is 0 Å². The number of halogens is 1. The van der Waals surface area contributed by atoms with Gasteiger partial charge in [-0.3, -0.25) is 14.3 Å². The number of aromatic amines is 1. The third-order valence-corrected chi connectivity index (χ3v) is 2.16. The van der Waals surface area contributed by atoms with Gasteiger partial charge in [0.15, 0.2) is 11.2 Å². The molecule has 0 aliphatic carbocycles. The normalized spacial score (nSPS) is 10.7. The molecule has 0 saturated carbocycles. The molecule has 0 fully saturated rings. The third kappa shape index (κ3) is 1.25. The summed E-state index contributed by atoms with van der Waals surface area (Å²) in [5.74, 6) is 0. The first-order chi connectivity index (χ1) is 6.59. The van der Waals surface area contributed by atoms with E-state index >= 15 is 0 Å². The van der Waals surface area contributed by atoms with Crippen LogP contribution < -0.4 is 11.2 Å². The summed E-state index contributed by atoms with van der Waals surface area (Å²) in [6.45, 7) is 0. The second kappa shape index (κ2) is 3.02. The Hall–Kier alpha value is -1.50. The first-order valence-electron chi connectivity index (χ1n) is 3.71. The highest BCUT2D eigenvalue weighted by molar-refractivity contribution is 9.10. The Kier molecular flexibility index (Phi) is 1.95. The fourth-order valence-electron chi connectivity index (χ4n) is 1.04. The molecule has 0 spiro atoms. The van der Waals surface area contributed by atoms with E-state index in [0.29, 0.717) is 4.60 Å². The SMILES string of the molecule is Cn1c(=O)[nH]c2ncc(Br)nc2c1=O. The Morgan fingerprint density at radius 1 is 1.50 bits per heavy atom. The Morgan fingerprint density at radius 3 is 2.93 bits per heavy atom. The molecule has 0 bridgehead atoms. The number of fused-ring (bicyclic) bond motifs is 1. The highest BCUT2D eigenvalue weighted by Crippen LogP contribution is 2.05. The minimum Gasteiger partial charge on any atom is -0.290 e. The lowest BCUT2D eigenvalue weighted by Crippen LogP contribution is -2.33. The largest absolute Gasteiger partial charge is 0.329 e. The predicted octanol–water partition coefficient (Wildman–Crippen LogP) is -0.221. The zero-order valence-electron chi connectivity index (χ0n) is 7.11. The Morgan fingerprint density at radius 2 is 2.21 bits per heavy atom. The van der Waals surface area contributed by atoms with Gasteiger partial charge in [0.2, 0.25) is 0 Å². The first kappa shape index (κ1) is 9.07. The van der Waals surface area contributed by atoms with Crippen molar-refractivity contribution in [3.63, 3.8) is 0 Å². The average Bonchev–Trinajstić information content (AvgIpc) is 2.16. The molecule has 0 radical (unpaired) electrons. The van der Waals surface area contributed by atoms with Crippen molar-refractivity contribution in [3.05, 3.63) is 31.6 Å². The maximum Gasteiger partial charge on any atom is 0.329 e. The van der Waals surface area contributed by atoms with Crippen molar-refractivity contribution >= 4 is 27.1 Å². The van der Waals surface area contributed by atoms with E-state index in [9.17, 15) is 9.59 Å².